The van der Waals surface area contributed by atoms with Crippen LogP contribution in [-0.2, 0) is 11.3 Å². The summed E-state index contributed by atoms with van der Waals surface area (Å²) in [5.74, 6) is 0.368. The van der Waals surface area contributed by atoms with Gasteiger partial charge in [0.05, 0.1) is 11.8 Å². The van der Waals surface area contributed by atoms with E-state index in [2.05, 4.69) is 49.8 Å². The Labute approximate surface area is 149 Å². The van der Waals surface area contributed by atoms with Crippen molar-refractivity contribution in [3.63, 3.8) is 0 Å². The van der Waals surface area contributed by atoms with Crippen LogP contribution in [0.15, 0.2) is 41.7 Å². The molecule has 2 aromatic heterocycles. The van der Waals surface area contributed by atoms with Gasteiger partial charge in [0.2, 0.25) is 11.1 Å². The number of amides is 1. The molecule has 1 fully saturated rings. The maximum absolute atomic E-state index is 12.0. The van der Waals surface area contributed by atoms with Crippen LogP contribution in [-0.4, -0.2) is 43.0 Å². The first-order valence-electron chi connectivity index (χ1n) is 8.52. The Morgan fingerprint density at radius 3 is 3.04 bits per heavy atom. The Balaban J connectivity index is 1.19. The highest BCUT2D eigenvalue weighted by Crippen LogP contribution is 2.36. The van der Waals surface area contributed by atoms with Crippen LogP contribution in [0.1, 0.15) is 25.3 Å². The largest absolute Gasteiger partial charge is 0.355 e. The quantitative estimate of drug-likeness (QED) is 0.495. The summed E-state index contributed by atoms with van der Waals surface area (Å²) < 4.78 is 4.05. The van der Waals surface area contributed by atoms with Gasteiger partial charge in [0, 0.05) is 24.8 Å². The molecule has 130 valence electrons. The van der Waals surface area contributed by atoms with Crippen LogP contribution in [0.3, 0.4) is 0 Å². The van der Waals surface area contributed by atoms with Crippen LogP contribution >= 0.6 is 11.8 Å². The highest BCUT2D eigenvalue weighted by Gasteiger charge is 2.28. The fraction of sp³-hybridized carbons (Fsp3) is 0.412. The van der Waals surface area contributed by atoms with Gasteiger partial charge in [-0.1, -0.05) is 30.0 Å². The lowest BCUT2D eigenvalue weighted by molar-refractivity contribution is -0.118. The number of aryl methyl sites for hydroxylation is 1. The predicted octanol–water partition coefficient (Wildman–Crippen LogP) is 2.26. The standard InChI is InChI=1S/C17H20N6OS/c24-16(12-25-17-19-20-21-23(17)14-6-7-14)18-9-3-10-22-11-8-13-4-1-2-5-15(13)22/h1-2,4-5,8,11,14H,3,6-7,9-10,12H2,(H,18,24). The second-order valence-corrected chi connectivity index (χ2v) is 7.14. The van der Waals surface area contributed by atoms with Crippen molar-refractivity contribution in [2.45, 2.75) is 37.0 Å². The van der Waals surface area contributed by atoms with Crippen molar-refractivity contribution in [3.05, 3.63) is 36.5 Å². The molecule has 4 rings (SSSR count). The zero-order valence-corrected chi connectivity index (χ0v) is 14.7. The van der Waals surface area contributed by atoms with Crippen molar-refractivity contribution >= 4 is 28.6 Å². The van der Waals surface area contributed by atoms with E-state index in [9.17, 15) is 4.79 Å². The number of benzene rings is 1. The lowest BCUT2D eigenvalue weighted by Gasteiger charge is -2.07. The summed E-state index contributed by atoms with van der Waals surface area (Å²) in [4.78, 5) is 12.0. The number of carbonyl (C=O) groups excluding carboxylic acids is 1. The van der Waals surface area contributed by atoms with Crippen LogP contribution in [0.25, 0.3) is 10.9 Å². The number of hydrogen-bond donors (Lipinski definition) is 1. The molecule has 7 nitrogen and oxygen atoms in total. The van der Waals surface area contributed by atoms with E-state index in [1.54, 1.807) is 0 Å². The summed E-state index contributed by atoms with van der Waals surface area (Å²) in [5.41, 5.74) is 1.23. The van der Waals surface area contributed by atoms with Crippen molar-refractivity contribution < 1.29 is 4.79 Å². The highest BCUT2D eigenvalue weighted by molar-refractivity contribution is 7.99. The van der Waals surface area contributed by atoms with Crippen LogP contribution in [0.5, 0.6) is 0 Å². The second kappa shape index (κ2) is 7.26. The van der Waals surface area contributed by atoms with E-state index < -0.39 is 0 Å². The van der Waals surface area contributed by atoms with Gasteiger partial charge in [-0.2, -0.15) is 0 Å². The summed E-state index contributed by atoms with van der Waals surface area (Å²) in [6.07, 6.45) is 5.24. The van der Waals surface area contributed by atoms with E-state index in [-0.39, 0.29) is 5.91 Å². The third-order valence-corrected chi connectivity index (χ3v) is 5.20. The third-order valence-electron chi connectivity index (χ3n) is 4.27. The summed E-state index contributed by atoms with van der Waals surface area (Å²) in [5, 5.41) is 16.6. The number of nitrogens with zero attached hydrogens (tertiary/aromatic N) is 5. The molecule has 1 amide bonds. The molecule has 0 spiro atoms. The Morgan fingerprint density at radius 2 is 2.16 bits per heavy atom. The van der Waals surface area contributed by atoms with Gasteiger partial charge in [0.1, 0.15) is 0 Å². The summed E-state index contributed by atoms with van der Waals surface area (Å²) >= 11 is 1.40. The molecule has 1 aromatic carbocycles. The molecule has 0 unspecified atom stereocenters. The number of thioether (sulfide) groups is 1. The number of fused-ring (bicyclic) bond motifs is 1. The van der Waals surface area contributed by atoms with E-state index in [4.69, 9.17) is 0 Å². The predicted molar refractivity (Wildman–Crippen MR) is 96.4 cm³/mol. The lowest BCUT2D eigenvalue weighted by Crippen LogP contribution is -2.27. The maximum Gasteiger partial charge on any atom is 0.230 e. The van der Waals surface area contributed by atoms with Gasteiger partial charge in [-0.15, -0.1) is 5.10 Å². The van der Waals surface area contributed by atoms with Crippen LogP contribution in [0, 0.1) is 0 Å². The first-order chi connectivity index (χ1) is 12.3. The molecule has 1 saturated carbocycles. The Morgan fingerprint density at radius 1 is 1.28 bits per heavy atom. The topological polar surface area (TPSA) is 77.6 Å². The van der Waals surface area contributed by atoms with Gasteiger partial charge in [-0.25, -0.2) is 4.68 Å². The first kappa shape index (κ1) is 16.1. The molecule has 8 heteroatoms. The van der Waals surface area contributed by atoms with Crippen LogP contribution in [0.4, 0.5) is 0 Å². The summed E-state index contributed by atoms with van der Waals surface area (Å²) in [6.45, 7) is 1.56. The van der Waals surface area contributed by atoms with Crippen molar-refractivity contribution in [2.75, 3.05) is 12.3 Å². The normalized spacial score (nSPS) is 14.1. The highest BCUT2D eigenvalue weighted by atomic mass is 32.2. The van der Waals surface area contributed by atoms with Gasteiger partial charge in [-0.05, 0) is 47.2 Å². The molecule has 1 aliphatic carbocycles. The molecule has 0 saturated heterocycles. The number of carbonyl (C=O) groups is 1. The number of hydrogen-bond acceptors (Lipinski definition) is 5. The minimum Gasteiger partial charge on any atom is -0.355 e. The Bertz CT molecular complexity index is 869. The number of tetrazole rings is 1. The molecule has 2 heterocycles. The van der Waals surface area contributed by atoms with Gasteiger partial charge < -0.3 is 9.88 Å². The van der Waals surface area contributed by atoms with E-state index in [0.29, 0.717) is 18.3 Å². The molecule has 0 atom stereocenters. The Hall–Kier alpha value is -2.35. The van der Waals surface area contributed by atoms with Crippen molar-refractivity contribution in [3.8, 4) is 0 Å². The molecule has 1 N–H and O–H groups in total. The number of aromatic nitrogens is 5. The average molecular weight is 356 g/mol. The van der Waals surface area contributed by atoms with Crippen LogP contribution < -0.4 is 5.32 Å². The summed E-state index contributed by atoms with van der Waals surface area (Å²) in [6, 6.07) is 10.9. The average Bonchev–Trinajstić information content (AvgIpc) is 3.23. The van der Waals surface area contributed by atoms with Gasteiger partial charge in [0.15, 0.2) is 0 Å². The van der Waals surface area contributed by atoms with Gasteiger partial charge in [0.25, 0.3) is 0 Å². The monoisotopic (exact) mass is 356 g/mol. The molecular weight excluding hydrogens is 336 g/mol. The van der Waals surface area contributed by atoms with Crippen LogP contribution in [0.2, 0.25) is 0 Å². The molecule has 0 aliphatic heterocycles. The SMILES string of the molecule is O=C(CSc1nnnn1C1CC1)NCCCn1ccc2ccccc21. The van der Waals surface area contributed by atoms with Crippen molar-refractivity contribution in [1.82, 2.24) is 30.1 Å². The number of nitrogens with one attached hydrogen (secondary N) is 1. The van der Waals surface area contributed by atoms with Crippen molar-refractivity contribution in [1.29, 1.82) is 0 Å². The maximum atomic E-state index is 12.0. The molecule has 0 radical (unpaired) electrons. The van der Waals surface area contributed by atoms with Gasteiger partial charge >= 0.3 is 0 Å². The zero-order chi connectivity index (χ0) is 17.1. The molecule has 3 aromatic rings. The van der Waals surface area contributed by atoms with Crippen molar-refractivity contribution in [2.24, 2.45) is 0 Å². The van der Waals surface area contributed by atoms with E-state index >= 15 is 0 Å². The summed E-state index contributed by atoms with van der Waals surface area (Å²) in [7, 11) is 0. The third kappa shape index (κ3) is 3.84. The fourth-order valence-electron chi connectivity index (χ4n) is 2.82. The molecular formula is C17H20N6OS. The molecule has 1 aliphatic rings. The smallest absolute Gasteiger partial charge is 0.230 e. The minimum absolute atomic E-state index is 0.0210. The molecule has 25 heavy (non-hydrogen) atoms. The number of rotatable bonds is 8. The zero-order valence-electron chi connectivity index (χ0n) is 13.8. The number of para-hydroxylation sites is 1. The van der Waals surface area contributed by atoms with E-state index in [1.165, 1.54) is 22.7 Å². The Kier molecular flexibility index (Phi) is 4.69. The fourth-order valence-corrected chi connectivity index (χ4v) is 3.60. The minimum atomic E-state index is 0.0210. The first-order valence-corrected chi connectivity index (χ1v) is 9.51. The van der Waals surface area contributed by atoms with E-state index in [1.807, 2.05) is 16.8 Å². The lowest BCUT2D eigenvalue weighted by atomic mass is 10.2. The second-order valence-electron chi connectivity index (χ2n) is 6.20. The molecule has 0 bridgehead atoms. The van der Waals surface area contributed by atoms with Gasteiger partial charge in [-0.3, -0.25) is 4.79 Å². The van der Waals surface area contributed by atoms with E-state index in [0.717, 1.165) is 31.0 Å².